The second-order valence-electron chi connectivity index (χ2n) is 8.70. The third-order valence-corrected chi connectivity index (χ3v) is 5.70. The van der Waals surface area contributed by atoms with Crippen LogP contribution < -0.4 is 0 Å². The summed E-state index contributed by atoms with van der Waals surface area (Å²) in [6.45, 7) is 0. The lowest BCUT2D eigenvalue weighted by molar-refractivity contribution is -0.176. The molecule has 0 heterocycles. The van der Waals surface area contributed by atoms with Crippen molar-refractivity contribution in [3.8, 4) is 0 Å². The molecule has 39 heavy (non-hydrogen) atoms. The average Bonchev–Trinajstić information content (AvgIpc) is 2.95. The Morgan fingerprint density at radius 2 is 1.23 bits per heavy atom. The van der Waals surface area contributed by atoms with Crippen LogP contribution in [0.15, 0.2) is 91.0 Å². The molecule has 10 heteroatoms. The largest absolute Gasteiger partial charge is 0.479 e. The number of aliphatic carboxylic acids is 2. The van der Waals surface area contributed by atoms with Gasteiger partial charge >= 0.3 is 23.5 Å². The van der Waals surface area contributed by atoms with Crippen molar-refractivity contribution in [1.82, 2.24) is 4.90 Å². The van der Waals surface area contributed by atoms with Crippen molar-refractivity contribution in [1.29, 1.82) is 0 Å². The van der Waals surface area contributed by atoms with Crippen LogP contribution in [0.5, 0.6) is 0 Å². The molecular formula is C29H31NO9. The minimum atomic E-state index is -3.35. The van der Waals surface area contributed by atoms with Crippen LogP contribution >= 0.6 is 0 Å². The predicted octanol–water partition coefficient (Wildman–Crippen LogP) is 2.49. The van der Waals surface area contributed by atoms with E-state index in [4.69, 9.17) is 9.84 Å². The van der Waals surface area contributed by atoms with E-state index in [2.05, 4.69) is 12.1 Å². The average molecular weight is 538 g/mol. The van der Waals surface area contributed by atoms with Gasteiger partial charge in [0.05, 0.1) is 5.56 Å². The quantitative estimate of drug-likeness (QED) is 0.124. The van der Waals surface area contributed by atoms with E-state index in [9.17, 15) is 34.5 Å². The number of carbonyl (C=O) groups is 4. The zero-order valence-corrected chi connectivity index (χ0v) is 21.5. The van der Waals surface area contributed by atoms with E-state index in [-0.39, 0.29) is 17.4 Å². The van der Waals surface area contributed by atoms with Crippen molar-refractivity contribution < 1.29 is 44.3 Å². The molecule has 4 N–H and O–H groups in total. The summed E-state index contributed by atoms with van der Waals surface area (Å²) >= 11 is 0. The van der Waals surface area contributed by atoms with Crippen LogP contribution in [0, 0.1) is 0 Å². The smallest absolute Gasteiger partial charge is 0.360 e. The topological polar surface area (TPSA) is 162 Å². The molecule has 0 radical (unpaired) electrons. The van der Waals surface area contributed by atoms with Gasteiger partial charge in [0.15, 0.2) is 0 Å². The number of nitrogens with zero attached hydrogens (tertiary/aromatic N) is 1. The van der Waals surface area contributed by atoms with E-state index in [1.807, 2.05) is 37.2 Å². The summed E-state index contributed by atoms with van der Waals surface area (Å²) in [5.41, 5.74) is -2.42. The van der Waals surface area contributed by atoms with Crippen LogP contribution in [-0.4, -0.2) is 81.0 Å². The van der Waals surface area contributed by atoms with Crippen LogP contribution in [0.1, 0.15) is 32.7 Å². The number of rotatable bonds is 11. The number of aryl methyl sites for hydroxylation is 1. The molecule has 3 atom stereocenters. The second kappa shape index (κ2) is 14.5. The number of carboxylic acids is 2. The van der Waals surface area contributed by atoms with Crippen molar-refractivity contribution in [3.05, 3.63) is 108 Å². The Hall–Kier alpha value is -4.38. The first-order valence-electron chi connectivity index (χ1n) is 11.9. The molecule has 0 aromatic heterocycles. The number of ether oxygens (including phenoxy) is 1. The van der Waals surface area contributed by atoms with Crippen molar-refractivity contribution in [3.63, 3.8) is 0 Å². The number of hydrogen-bond acceptors (Lipinski definition) is 8. The van der Waals surface area contributed by atoms with Crippen LogP contribution in [-0.2, 0) is 20.7 Å². The second-order valence-corrected chi connectivity index (χ2v) is 8.70. The van der Waals surface area contributed by atoms with E-state index in [1.54, 1.807) is 12.1 Å². The first-order chi connectivity index (χ1) is 18.5. The Kier molecular flexibility index (Phi) is 11.5. The third kappa shape index (κ3) is 8.30. The minimum absolute atomic E-state index is 0.114. The molecule has 3 aromatic carbocycles. The molecule has 3 aromatic rings. The minimum Gasteiger partial charge on any atom is -0.479 e. The Bertz CT molecular complexity index is 1230. The Morgan fingerprint density at radius 1 is 0.769 bits per heavy atom. The summed E-state index contributed by atoms with van der Waals surface area (Å²) in [7, 11) is 3.77. The Balaban J connectivity index is 0.000000344. The maximum absolute atomic E-state index is 12.7. The molecule has 206 valence electrons. The maximum Gasteiger partial charge on any atom is 0.360 e. The number of Topliss-reactive ketones (excluding diaryl/α,β-unsaturated/α-hetero) is 1. The lowest BCUT2D eigenvalue weighted by atomic mass is 9.87. The Labute approximate surface area is 225 Å². The van der Waals surface area contributed by atoms with E-state index in [1.165, 1.54) is 54.1 Å². The van der Waals surface area contributed by atoms with E-state index >= 15 is 0 Å². The van der Waals surface area contributed by atoms with Crippen molar-refractivity contribution >= 4 is 23.7 Å². The molecule has 0 saturated carbocycles. The molecule has 0 aliphatic rings. The molecular weight excluding hydrogens is 506 g/mol. The Morgan fingerprint density at radius 3 is 1.67 bits per heavy atom. The molecule has 3 unspecified atom stereocenters. The fourth-order valence-corrected chi connectivity index (χ4v) is 3.44. The van der Waals surface area contributed by atoms with E-state index in [0.29, 0.717) is 0 Å². The number of carboxylic acid groups (broad SMARTS) is 2. The maximum atomic E-state index is 12.7. The third-order valence-electron chi connectivity index (χ3n) is 5.70. The van der Waals surface area contributed by atoms with Gasteiger partial charge in [-0.1, -0.05) is 78.9 Å². The monoisotopic (exact) mass is 537 g/mol. The highest BCUT2D eigenvalue weighted by molar-refractivity contribution is 6.19. The molecule has 0 fully saturated rings. The molecule has 0 bridgehead atoms. The molecule has 0 aliphatic carbocycles. The van der Waals surface area contributed by atoms with Gasteiger partial charge in [-0.2, -0.15) is 0 Å². The highest BCUT2D eigenvalue weighted by Gasteiger charge is 2.59. The van der Waals surface area contributed by atoms with Gasteiger partial charge in [0.2, 0.25) is 11.9 Å². The van der Waals surface area contributed by atoms with Crippen molar-refractivity contribution in [2.45, 2.75) is 30.8 Å². The summed E-state index contributed by atoms with van der Waals surface area (Å²) in [5, 5.41) is 38.1. The van der Waals surface area contributed by atoms with Crippen LogP contribution in [0.4, 0.5) is 0 Å². The highest BCUT2D eigenvalue weighted by Crippen LogP contribution is 2.26. The fourth-order valence-electron chi connectivity index (χ4n) is 3.44. The summed E-state index contributed by atoms with van der Waals surface area (Å²) in [5.74, 6) is -6.77. The van der Waals surface area contributed by atoms with Gasteiger partial charge in [-0.3, -0.25) is 9.69 Å². The summed E-state index contributed by atoms with van der Waals surface area (Å²) in [6.07, 6.45) is -1.43. The lowest BCUT2D eigenvalue weighted by Crippen LogP contribution is -2.61. The van der Waals surface area contributed by atoms with E-state index < -0.39 is 35.4 Å². The number of aliphatic hydroxyl groups is 2. The molecule has 0 amide bonds. The van der Waals surface area contributed by atoms with Gasteiger partial charge < -0.3 is 25.2 Å². The van der Waals surface area contributed by atoms with Crippen LogP contribution in [0.3, 0.4) is 0 Å². The standard InChI is InChI=1S/C18H14O8.C11H17NO/c19-13(11-7-3-1-4-8-11)18(17(24)25,14(20)15(21)22)26-16(23)12-9-5-2-6-10-12;1-12(2)11(13)9-8-10-6-4-3-5-7-10/h1-10,14,20H,(H,21,22)(H,24,25);3-7,11,13H,8-9H2,1-2H3. The van der Waals surface area contributed by atoms with Gasteiger partial charge in [-0.25, -0.2) is 14.4 Å². The highest BCUT2D eigenvalue weighted by atomic mass is 16.6. The lowest BCUT2D eigenvalue weighted by Gasteiger charge is -2.30. The van der Waals surface area contributed by atoms with Gasteiger partial charge in [-0.05, 0) is 44.6 Å². The number of carbonyl (C=O) groups excluding carboxylic acids is 2. The number of hydrogen-bond donors (Lipinski definition) is 4. The SMILES string of the molecule is CN(C)C(O)CCc1ccccc1.O=C(OC(C(=O)O)(C(=O)c1ccccc1)C(O)C(=O)O)c1ccccc1. The molecule has 0 spiro atoms. The zero-order chi connectivity index (χ0) is 29.0. The molecule has 10 nitrogen and oxygen atoms in total. The van der Waals surface area contributed by atoms with Gasteiger partial charge in [0.25, 0.3) is 0 Å². The molecule has 3 rings (SSSR count). The molecule has 0 aliphatic heterocycles. The first kappa shape index (κ1) is 30.8. The van der Waals surface area contributed by atoms with Crippen LogP contribution in [0.25, 0.3) is 0 Å². The van der Waals surface area contributed by atoms with Gasteiger partial charge in [-0.15, -0.1) is 0 Å². The number of esters is 1. The normalized spacial score (nSPS) is 13.7. The van der Waals surface area contributed by atoms with Gasteiger partial charge in [0, 0.05) is 5.56 Å². The fraction of sp³-hybridized carbons (Fsp3) is 0.241. The van der Waals surface area contributed by atoms with Crippen LogP contribution in [0.2, 0.25) is 0 Å². The summed E-state index contributed by atoms with van der Waals surface area (Å²) < 4.78 is 4.81. The van der Waals surface area contributed by atoms with E-state index in [0.717, 1.165) is 12.8 Å². The number of aliphatic hydroxyl groups excluding tert-OH is 2. The molecule has 0 saturated heterocycles. The van der Waals surface area contributed by atoms with Crippen molar-refractivity contribution in [2.24, 2.45) is 0 Å². The van der Waals surface area contributed by atoms with Gasteiger partial charge in [0.1, 0.15) is 6.23 Å². The van der Waals surface area contributed by atoms with Crippen molar-refractivity contribution in [2.75, 3.05) is 14.1 Å². The summed E-state index contributed by atoms with van der Waals surface area (Å²) in [6, 6.07) is 24.1. The number of benzene rings is 3. The predicted molar refractivity (Wildman–Crippen MR) is 141 cm³/mol. The first-order valence-corrected chi connectivity index (χ1v) is 11.9. The number of ketones is 1. The summed E-state index contributed by atoms with van der Waals surface area (Å²) in [4.78, 5) is 49.9. The zero-order valence-electron chi connectivity index (χ0n) is 21.5.